The zero-order valence-corrected chi connectivity index (χ0v) is 18.2. The number of para-hydroxylation sites is 1. The molecule has 0 aromatic heterocycles. The van der Waals surface area contributed by atoms with E-state index < -0.39 is 10.0 Å². The third kappa shape index (κ3) is 4.18. The van der Waals surface area contributed by atoms with Crippen LogP contribution in [0.1, 0.15) is 12.5 Å². The minimum absolute atomic E-state index is 0.0104. The summed E-state index contributed by atoms with van der Waals surface area (Å²) in [5.41, 5.74) is 2.69. The SMILES string of the molecule is C[C@H]1Cc2ccccc2N1CC(=O)Nc1ccc(Cl)c(S(=O)(=O)N2CCOCC2)c1. The number of carbonyl (C=O) groups excluding carboxylic acids is 1. The largest absolute Gasteiger partial charge is 0.379 e. The predicted octanol–water partition coefficient (Wildman–Crippen LogP) is 2.75. The summed E-state index contributed by atoms with van der Waals surface area (Å²) in [6, 6.07) is 12.8. The van der Waals surface area contributed by atoms with E-state index >= 15 is 0 Å². The molecule has 0 saturated carbocycles. The summed E-state index contributed by atoms with van der Waals surface area (Å²) < 4.78 is 32.5. The average Bonchev–Trinajstić information content (AvgIpc) is 3.05. The molecule has 4 rings (SSSR count). The van der Waals surface area contributed by atoms with Gasteiger partial charge in [-0.2, -0.15) is 4.31 Å². The van der Waals surface area contributed by atoms with Crippen molar-refractivity contribution in [3.8, 4) is 0 Å². The van der Waals surface area contributed by atoms with Crippen molar-refractivity contribution in [3.63, 3.8) is 0 Å². The van der Waals surface area contributed by atoms with Gasteiger partial charge in [0.15, 0.2) is 0 Å². The standard InChI is InChI=1S/C21H24ClN3O4S/c1-15-12-16-4-2-3-5-19(16)25(15)14-21(26)23-17-6-7-18(22)20(13-17)30(27,28)24-8-10-29-11-9-24/h2-7,13,15H,8-12,14H2,1H3,(H,23,26)/t15-/m0/s1. The fourth-order valence-corrected chi connectivity index (χ4v) is 5.84. The summed E-state index contributed by atoms with van der Waals surface area (Å²) in [4.78, 5) is 14.8. The molecule has 0 unspecified atom stereocenters. The lowest BCUT2D eigenvalue weighted by Crippen LogP contribution is -2.40. The van der Waals surface area contributed by atoms with E-state index in [2.05, 4.69) is 23.2 Å². The quantitative estimate of drug-likeness (QED) is 0.759. The van der Waals surface area contributed by atoms with Gasteiger partial charge in [-0.05, 0) is 43.2 Å². The van der Waals surface area contributed by atoms with Crippen molar-refractivity contribution in [3.05, 3.63) is 53.1 Å². The Bertz CT molecular complexity index is 1050. The molecule has 2 heterocycles. The molecular formula is C21H24ClN3O4S. The molecule has 2 aromatic carbocycles. The first kappa shape index (κ1) is 21.1. The minimum atomic E-state index is -3.76. The summed E-state index contributed by atoms with van der Waals surface area (Å²) in [6.45, 7) is 3.53. The third-order valence-electron chi connectivity index (χ3n) is 5.47. The Morgan fingerprint density at radius 3 is 2.70 bits per heavy atom. The lowest BCUT2D eigenvalue weighted by atomic mass is 10.1. The van der Waals surface area contributed by atoms with Gasteiger partial charge < -0.3 is 15.0 Å². The van der Waals surface area contributed by atoms with Gasteiger partial charge in [-0.25, -0.2) is 8.42 Å². The van der Waals surface area contributed by atoms with E-state index in [9.17, 15) is 13.2 Å². The number of sulfonamides is 1. The number of rotatable bonds is 5. The highest BCUT2D eigenvalue weighted by Crippen LogP contribution is 2.32. The topological polar surface area (TPSA) is 79.0 Å². The minimum Gasteiger partial charge on any atom is -0.379 e. The average molecular weight is 450 g/mol. The Labute approximate surface area is 181 Å². The van der Waals surface area contributed by atoms with Crippen molar-refractivity contribution in [1.29, 1.82) is 0 Å². The van der Waals surface area contributed by atoms with Gasteiger partial charge in [0.25, 0.3) is 0 Å². The highest BCUT2D eigenvalue weighted by atomic mass is 35.5. The van der Waals surface area contributed by atoms with E-state index in [0.717, 1.165) is 12.1 Å². The zero-order chi connectivity index (χ0) is 21.3. The lowest BCUT2D eigenvalue weighted by Gasteiger charge is -2.26. The number of nitrogens with one attached hydrogen (secondary N) is 1. The van der Waals surface area contributed by atoms with E-state index in [1.165, 1.54) is 22.0 Å². The number of hydrogen-bond donors (Lipinski definition) is 1. The molecule has 1 saturated heterocycles. The number of morpholine rings is 1. The van der Waals surface area contributed by atoms with Crippen LogP contribution >= 0.6 is 11.6 Å². The number of amides is 1. The van der Waals surface area contributed by atoms with Crippen LogP contribution in [0.4, 0.5) is 11.4 Å². The van der Waals surface area contributed by atoms with Crippen LogP contribution in [0.3, 0.4) is 0 Å². The Kier molecular flexibility index (Phi) is 6.02. The smallest absolute Gasteiger partial charge is 0.244 e. The molecule has 1 amide bonds. The Balaban J connectivity index is 1.50. The molecule has 1 fully saturated rings. The summed E-state index contributed by atoms with van der Waals surface area (Å²) in [5, 5.41) is 2.94. The van der Waals surface area contributed by atoms with Crippen molar-refractivity contribution in [2.45, 2.75) is 24.3 Å². The molecule has 160 valence electrons. The summed E-state index contributed by atoms with van der Waals surface area (Å²) in [6.07, 6.45) is 0.895. The molecule has 1 N–H and O–H groups in total. The van der Waals surface area contributed by atoms with E-state index in [1.54, 1.807) is 6.07 Å². The molecule has 0 radical (unpaired) electrons. The number of hydrogen-bond acceptors (Lipinski definition) is 5. The van der Waals surface area contributed by atoms with Gasteiger partial charge in [0, 0.05) is 30.5 Å². The number of carbonyl (C=O) groups is 1. The van der Waals surface area contributed by atoms with E-state index in [-0.39, 0.29) is 41.5 Å². The molecular weight excluding hydrogens is 426 g/mol. The number of halogens is 1. The monoisotopic (exact) mass is 449 g/mol. The van der Waals surface area contributed by atoms with E-state index in [1.807, 2.05) is 18.2 Å². The Morgan fingerprint density at radius 1 is 1.20 bits per heavy atom. The molecule has 2 aliphatic rings. The zero-order valence-electron chi connectivity index (χ0n) is 16.7. The maximum absolute atomic E-state index is 13.0. The van der Waals surface area contributed by atoms with Crippen LogP contribution < -0.4 is 10.2 Å². The summed E-state index contributed by atoms with van der Waals surface area (Å²) in [5.74, 6) is -0.212. The fourth-order valence-electron chi connectivity index (χ4n) is 3.93. The van der Waals surface area contributed by atoms with Crippen LogP contribution in [0.5, 0.6) is 0 Å². The van der Waals surface area contributed by atoms with Crippen LogP contribution in [-0.4, -0.2) is 57.5 Å². The molecule has 30 heavy (non-hydrogen) atoms. The van der Waals surface area contributed by atoms with E-state index in [4.69, 9.17) is 16.3 Å². The van der Waals surface area contributed by atoms with Crippen LogP contribution in [0, 0.1) is 0 Å². The van der Waals surface area contributed by atoms with Gasteiger partial charge in [-0.3, -0.25) is 4.79 Å². The van der Waals surface area contributed by atoms with Gasteiger partial charge in [0.1, 0.15) is 4.90 Å². The molecule has 2 aliphatic heterocycles. The molecule has 2 aromatic rings. The lowest BCUT2D eigenvalue weighted by molar-refractivity contribution is -0.115. The second kappa shape index (κ2) is 8.55. The van der Waals surface area contributed by atoms with E-state index in [0.29, 0.717) is 18.9 Å². The van der Waals surface area contributed by atoms with Crippen LogP contribution in [0.2, 0.25) is 5.02 Å². The number of fused-ring (bicyclic) bond motifs is 1. The molecule has 0 aliphatic carbocycles. The van der Waals surface area contributed by atoms with Gasteiger partial charge in [-0.1, -0.05) is 29.8 Å². The molecule has 0 bridgehead atoms. The van der Waals surface area contributed by atoms with Crippen molar-refractivity contribution in [1.82, 2.24) is 4.31 Å². The maximum atomic E-state index is 13.0. The number of ether oxygens (including phenoxy) is 1. The first-order valence-electron chi connectivity index (χ1n) is 9.88. The van der Waals surface area contributed by atoms with Crippen molar-refractivity contribution >= 4 is 38.9 Å². The van der Waals surface area contributed by atoms with Crippen molar-refractivity contribution in [2.75, 3.05) is 43.1 Å². The first-order valence-corrected chi connectivity index (χ1v) is 11.7. The van der Waals surface area contributed by atoms with Crippen molar-refractivity contribution in [2.24, 2.45) is 0 Å². The molecule has 0 spiro atoms. The number of nitrogens with zero attached hydrogens (tertiary/aromatic N) is 2. The highest BCUT2D eigenvalue weighted by molar-refractivity contribution is 7.89. The second-order valence-corrected chi connectivity index (χ2v) is 9.83. The van der Waals surface area contributed by atoms with Gasteiger partial charge >= 0.3 is 0 Å². The normalized spacial score (nSPS) is 19.5. The van der Waals surface area contributed by atoms with Gasteiger partial charge in [-0.15, -0.1) is 0 Å². The van der Waals surface area contributed by atoms with Crippen LogP contribution in [0.25, 0.3) is 0 Å². The summed E-state index contributed by atoms with van der Waals surface area (Å²) in [7, 11) is -3.76. The predicted molar refractivity (Wildman–Crippen MR) is 117 cm³/mol. The molecule has 9 heteroatoms. The van der Waals surface area contributed by atoms with Crippen molar-refractivity contribution < 1.29 is 17.9 Å². The number of benzene rings is 2. The third-order valence-corrected chi connectivity index (χ3v) is 7.85. The van der Waals surface area contributed by atoms with Crippen LogP contribution in [-0.2, 0) is 26.0 Å². The summed E-state index contributed by atoms with van der Waals surface area (Å²) >= 11 is 6.19. The van der Waals surface area contributed by atoms with Gasteiger partial charge in [0.2, 0.25) is 15.9 Å². The highest BCUT2D eigenvalue weighted by Gasteiger charge is 2.30. The molecule has 7 nitrogen and oxygen atoms in total. The fraction of sp³-hybridized carbons (Fsp3) is 0.381. The van der Waals surface area contributed by atoms with Gasteiger partial charge in [0.05, 0.1) is 24.8 Å². The second-order valence-electron chi connectivity index (χ2n) is 7.52. The van der Waals surface area contributed by atoms with Crippen LogP contribution in [0.15, 0.2) is 47.4 Å². The Morgan fingerprint density at radius 2 is 1.93 bits per heavy atom. The first-order chi connectivity index (χ1) is 14.4. The molecule has 1 atom stereocenters. The Hall–Kier alpha value is -2.13. The maximum Gasteiger partial charge on any atom is 0.244 e. The number of anilines is 2.